The molecule has 5 nitrogen and oxygen atoms in total. The number of carboxylic acid groups (broad SMARTS) is 1. The zero-order valence-corrected chi connectivity index (χ0v) is 9.85. The Bertz CT molecular complexity index is 689. The fourth-order valence-electron chi connectivity index (χ4n) is 1.84. The lowest BCUT2D eigenvalue weighted by Crippen LogP contribution is -2.23. The number of benzene rings is 2. The van der Waals surface area contributed by atoms with Gasteiger partial charge in [0.25, 0.3) is 0 Å². The van der Waals surface area contributed by atoms with Crippen molar-refractivity contribution in [3.63, 3.8) is 0 Å². The van der Waals surface area contributed by atoms with E-state index in [1.807, 2.05) is 18.2 Å². The molecule has 1 N–H and O–H groups in total. The topological polar surface area (TPSA) is 66.6 Å². The molecule has 1 heterocycles. The lowest BCUT2D eigenvalue weighted by molar-refractivity contribution is 0.203. The fraction of sp³-hybridized carbons (Fsp3) is 0. The standard InChI is InChI=1S/C14H10N2O3/c17-14(18)16(10-6-2-1-3-7-10)13-15-11-8-4-5-9-12(11)19-13/h1-9H,(H,17,18). The molecule has 0 aliphatic carbocycles. The number of hydrogen-bond donors (Lipinski definition) is 1. The van der Waals surface area contributed by atoms with Crippen LogP contribution < -0.4 is 4.90 Å². The maximum absolute atomic E-state index is 11.4. The Morgan fingerprint density at radius 2 is 1.74 bits per heavy atom. The average molecular weight is 254 g/mol. The molecule has 0 unspecified atom stereocenters. The number of fused-ring (bicyclic) bond motifs is 1. The Morgan fingerprint density at radius 1 is 1.05 bits per heavy atom. The van der Waals surface area contributed by atoms with Crippen LogP contribution in [-0.2, 0) is 0 Å². The molecule has 0 bridgehead atoms. The Balaban J connectivity index is 2.12. The van der Waals surface area contributed by atoms with Crippen molar-refractivity contribution < 1.29 is 14.3 Å². The highest BCUT2D eigenvalue weighted by atomic mass is 16.4. The van der Waals surface area contributed by atoms with Gasteiger partial charge in [0.15, 0.2) is 5.58 Å². The fourth-order valence-corrected chi connectivity index (χ4v) is 1.84. The van der Waals surface area contributed by atoms with E-state index in [0.717, 1.165) is 4.90 Å². The predicted molar refractivity (Wildman–Crippen MR) is 70.6 cm³/mol. The first-order valence-electron chi connectivity index (χ1n) is 5.69. The summed E-state index contributed by atoms with van der Waals surface area (Å²) in [4.78, 5) is 16.6. The van der Waals surface area contributed by atoms with E-state index in [1.165, 1.54) is 0 Å². The molecule has 0 radical (unpaired) electrons. The SMILES string of the molecule is O=C(O)N(c1ccccc1)c1nc2ccccc2o1. The normalized spacial score (nSPS) is 10.5. The van der Waals surface area contributed by atoms with Gasteiger partial charge in [-0.05, 0) is 24.3 Å². The second kappa shape index (κ2) is 4.45. The van der Waals surface area contributed by atoms with E-state index in [0.29, 0.717) is 16.8 Å². The highest BCUT2D eigenvalue weighted by Gasteiger charge is 2.22. The number of amides is 1. The number of carbonyl (C=O) groups is 1. The predicted octanol–water partition coefficient (Wildman–Crippen LogP) is 3.64. The molecule has 19 heavy (non-hydrogen) atoms. The van der Waals surface area contributed by atoms with E-state index in [-0.39, 0.29) is 6.01 Å². The lowest BCUT2D eigenvalue weighted by Gasteiger charge is -2.14. The number of para-hydroxylation sites is 3. The van der Waals surface area contributed by atoms with Crippen LogP contribution in [0.15, 0.2) is 59.0 Å². The van der Waals surface area contributed by atoms with Gasteiger partial charge in [0, 0.05) is 0 Å². The van der Waals surface area contributed by atoms with Crippen molar-refractivity contribution in [2.24, 2.45) is 0 Å². The molecule has 1 aromatic heterocycles. The summed E-state index contributed by atoms with van der Waals surface area (Å²) in [7, 11) is 0. The van der Waals surface area contributed by atoms with E-state index in [4.69, 9.17) is 4.42 Å². The summed E-state index contributed by atoms with van der Waals surface area (Å²) < 4.78 is 5.48. The molecule has 2 aromatic carbocycles. The van der Waals surface area contributed by atoms with Crippen LogP contribution in [0.3, 0.4) is 0 Å². The highest BCUT2D eigenvalue weighted by molar-refractivity contribution is 5.93. The Labute approximate surface area is 108 Å². The maximum atomic E-state index is 11.4. The van der Waals surface area contributed by atoms with E-state index in [9.17, 15) is 9.90 Å². The van der Waals surface area contributed by atoms with Gasteiger partial charge < -0.3 is 9.52 Å². The Kier molecular flexibility index (Phi) is 2.64. The smallest absolute Gasteiger partial charge is 0.420 e. The van der Waals surface area contributed by atoms with Crippen LogP contribution >= 0.6 is 0 Å². The van der Waals surface area contributed by atoms with Gasteiger partial charge in [0.1, 0.15) is 5.52 Å². The quantitative estimate of drug-likeness (QED) is 0.758. The number of anilines is 2. The van der Waals surface area contributed by atoms with Crippen molar-refractivity contribution in [1.29, 1.82) is 0 Å². The third-order valence-electron chi connectivity index (χ3n) is 2.68. The molecule has 0 aliphatic rings. The molecule has 1 amide bonds. The number of rotatable bonds is 2. The monoisotopic (exact) mass is 254 g/mol. The first-order valence-corrected chi connectivity index (χ1v) is 5.69. The summed E-state index contributed by atoms with van der Waals surface area (Å²) in [5, 5.41) is 9.33. The van der Waals surface area contributed by atoms with Crippen LogP contribution in [-0.4, -0.2) is 16.2 Å². The van der Waals surface area contributed by atoms with Gasteiger partial charge >= 0.3 is 12.1 Å². The zero-order chi connectivity index (χ0) is 13.2. The molecule has 0 saturated heterocycles. The van der Waals surface area contributed by atoms with Gasteiger partial charge in [-0.1, -0.05) is 30.3 Å². The first kappa shape index (κ1) is 11.3. The summed E-state index contributed by atoms with van der Waals surface area (Å²) in [5.74, 6) is 0. The van der Waals surface area contributed by atoms with Gasteiger partial charge in [-0.3, -0.25) is 0 Å². The van der Waals surface area contributed by atoms with Crippen molar-refractivity contribution in [2.75, 3.05) is 4.90 Å². The van der Waals surface area contributed by atoms with Crippen molar-refractivity contribution >= 4 is 28.9 Å². The van der Waals surface area contributed by atoms with E-state index in [2.05, 4.69) is 4.98 Å². The second-order valence-electron chi connectivity index (χ2n) is 3.92. The summed E-state index contributed by atoms with van der Waals surface area (Å²) in [5.41, 5.74) is 1.67. The minimum atomic E-state index is -1.14. The minimum Gasteiger partial charge on any atom is -0.464 e. The van der Waals surface area contributed by atoms with Gasteiger partial charge in [-0.15, -0.1) is 0 Å². The molecular weight excluding hydrogens is 244 g/mol. The van der Waals surface area contributed by atoms with Crippen LogP contribution in [0.4, 0.5) is 16.5 Å². The molecule has 0 fully saturated rings. The zero-order valence-electron chi connectivity index (χ0n) is 9.85. The number of nitrogens with zero attached hydrogens (tertiary/aromatic N) is 2. The molecule has 0 saturated carbocycles. The number of hydrogen-bond acceptors (Lipinski definition) is 3. The molecule has 5 heteroatoms. The summed E-state index contributed by atoms with van der Waals surface area (Å²) in [6.45, 7) is 0. The van der Waals surface area contributed by atoms with Crippen LogP contribution in [0.1, 0.15) is 0 Å². The lowest BCUT2D eigenvalue weighted by atomic mass is 10.3. The highest BCUT2D eigenvalue weighted by Crippen LogP contribution is 2.27. The van der Waals surface area contributed by atoms with Crippen molar-refractivity contribution in [3.05, 3.63) is 54.6 Å². The third kappa shape index (κ3) is 2.01. The van der Waals surface area contributed by atoms with Crippen LogP contribution in [0.2, 0.25) is 0 Å². The number of oxazole rings is 1. The van der Waals surface area contributed by atoms with Crippen molar-refractivity contribution in [2.45, 2.75) is 0 Å². The van der Waals surface area contributed by atoms with Gasteiger partial charge in [0.2, 0.25) is 0 Å². The van der Waals surface area contributed by atoms with Crippen LogP contribution in [0.5, 0.6) is 0 Å². The van der Waals surface area contributed by atoms with E-state index >= 15 is 0 Å². The first-order chi connectivity index (χ1) is 9.25. The summed E-state index contributed by atoms with van der Waals surface area (Å²) in [6, 6.07) is 15.9. The van der Waals surface area contributed by atoms with Crippen molar-refractivity contribution in [1.82, 2.24) is 4.98 Å². The Hall–Kier alpha value is -2.82. The van der Waals surface area contributed by atoms with Crippen LogP contribution in [0, 0.1) is 0 Å². The van der Waals surface area contributed by atoms with Gasteiger partial charge in [-0.2, -0.15) is 9.88 Å². The average Bonchev–Trinajstić information content (AvgIpc) is 2.82. The van der Waals surface area contributed by atoms with Crippen molar-refractivity contribution in [3.8, 4) is 0 Å². The largest absolute Gasteiger partial charge is 0.464 e. The molecule has 3 aromatic rings. The molecule has 0 atom stereocenters. The van der Waals surface area contributed by atoms with Gasteiger partial charge in [-0.25, -0.2) is 4.79 Å². The third-order valence-corrected chi connectivity index (χ3v) is 2.68. The molecule has 0 spiro atoms. The second-order valence-corrected chi connectivity index (χ2v) is 3.92. The van der Waals surface area contributed by atoms with Crippen LogP contribution in [0.25, 0.3) is 11.1 Å². The summed E-state index contributed by atoms with van der Waals surface area (Å²) in [6.07, 6.45) is -1.14. The van der Waals surface area contributed by atoms with E-state index in [1.54, 1.807) is 36.4 Å². The summed E-state index contributed by atoms with van der Waals surface area (Å²) >= 11 is 0. The molecular formula is C14H10N2O3. The molecule has 0 aliphatic heterocycles. The molecule has 94 valence electrons. The Morgan fingerprint density at radius 3 is 2.42 bits per heavy atom. The number of aromatic nitrogens is 1. The van der Waals surface area contributed by atoms with Gasteiger partial charge in [0.05, 0.1) is 5.69 Å². The molecule has 3 rings (SSSR count). The van der Waals surface area contributed by atoms with E-state index < -0.39 is 6.09 Å². The maximum Gasteiger partial charge on any atom is 0.420 e. The minimum absolute atomic E-state index is 0.0416.